The lowest BCUT2D eigenvalue weighted by atomic mass is 10.2. The Balaban J connectivity index is 4.03. The maximum atomic E-state index is 11.6. The van der Waals surface area contributed by atoms with Gasteiger partial charge in [-0.05, 0) is 20.8 Å². The van der Waals surface area contributed by atoms with Crippen molar-refractivity contribution >= 4 is 17.9 Å². The van der Waals surface area contributed by atoms with Gasteiger partial charge in [-0.3, -0.25) is 14.4 Å². The number of rotatable bonds is 9. The van der Waals surface area contributed by atoms with Gasteiger partial charge in [0.25, 0.3) is 0 Å². The van der Waals surface area contributed by atoms with Crippen molar-refractivity contribution in [2.45, 2.75) is 58.3 Å². The fourth-order valence-corrected chi connectivity index (χ4v) is 1.50. The highest BCUT2D eigenvalue weighted by Gasteiger charge is 2.19. The lowest BCUT2D eigenvalue weighted by Crippen LogP contribution is -2.25. The van der Waals surface area contributed by atoms with Crippen LogP contribution in [0.1, 0.15) is 40.0 Å². The van der Waals surface area contributed by atoms with Crippen LogP contribution in [0.4, 0.5) is 0 Å². The summed E-state index contributed by atoms with van der Waals surface area (Å²) in [5.74, 6) is -1.43. The van der Waals surface area contributed by atoms with E-state index in [1.165, 1.54) is 14.2 Å². The van der Waals surface area contributed by atoms with Crippen LogP contribution in [-0.4, -0.2) is 50.4 Å². The maximum Gasteiger partial charge on any atom is 0.309 e. The van der Waals surface area contributed by atoms with Crippen LogP contribution in [0.3, 0.4) is 0 Å². The number of carbonyl (C=O) groups excluding carboxylic acids is 3. The molecule has 0 saturated heterocycles. The molecule has 0 aliphatic heterocycles. The highest BCUT2D eigenvalue weighted by Crippen LogP contribution is 2.07. The zero-order chi connectivity index (χ0) is 16.4. The fraction of sp³-hybridized carbons (Fsp3) is 0.786. The Labute approximate surface area is 124 Å². The minimum atomic E-state index is -0.598. The molecule has 0 aromatic carbocycles. The fourth-order valence-electron chi connectivity index (χ4n) is 1.50. The SMILES string of the molecule is COC(=O)C[C@@H](C)OC(=O)C[C@@H](C)OC(=O)C[C@@H](C)OC. The molecular formula is C14H24O7. The van der Waals surface area contributed by atoms with Gasteiger partial charge in [-0.1, -0.05) is 0 Å². The molecule has 0 aromatic rings. The zero-order valence-electron chi connectivity index (χ0n) is 13.2. The average molecular weight is 304 g/mol. The van der Waals surface area contributed by atoms with Crippen LogP contribution >= 0.6 is 0 Å². The van der Waals surface area contributed by atoms with Crippen LogP contribution in [0.15, 0.2) is 0 Å². The molecule has 7 nitrogen and oxygen atoms in total. The van der Waals surface area contributed by atoms with E-state index in [0.717, 1.165) is 0 Å². The third-order valence-electron chi connectivity index (χ3n) is 2.66. The minimum Gasteiger partial charge on any atom is -0.469 e. The van der Waals surface area contributed by atoms with Crippen molar-refractivity contribution in [1.82, 2.24) is 0 Å². The number of hydrogen-bond donors (Lipinski definition) is 0. The molecule has 0 amide bonds. The summed E-state index contributed by atoms with van der Waals surface area (Å²) in [5, 5.41) is 0. The molecule has 0 aliphatic rings. The molecular weight excluding hydrogens is 280 g/mol. The average Bonchev–Trinajstić information content (AvgIpc) is 2.37. The Kier molecular flexibility index (Phi) is 9.36. The monoisotopic (exact) mass is 304 g/mol. The molecule has 3 atom stereocenters. The van der Waals surface area contributed by atoms with Crippen LogP contribution in [0.2, 0.25) is 0 Å². The molecule has 0 aliphatic carbocycles. The van der Waals surface area contributed by atoms with E-state index in [0.29, 0.717) is 0 Å². The predicted molar refractivity (Wildman–Crippen MR) is 73.4 cm³/mol. The standard InChI is InChI=1S/C14H24O7/c1-9(18-4)6-13(16)21-11(3)8-14(17)20-10(2)7-12(15)19-5/h9-11H,6-8H2,1-5H3/t9-,10-,11-/m1/s1. The van der Waals surface area contributed by atoms with Crippen LogP contribution in [0, 0.1) is 0 Å². The topological polar surface area (TPSA) is 88.1 Å². The molecule has 0 saturated carbocycles. The van der Waals surface area contributed by atoms with Crippen LogP contribution in [0.25, 0.3) is 0 Å². The summed E-state index contributed by atoms with van der Waals surface area (Å²) in [7, 11) is 2.76. The highest BCUT2D eigenvalue weighted by molar-refractivity contribution is 5.74. The molecule has 0 rings (SSSR count). The first-order chi connectivity index (χ1) is 9.78. The Morgan fingerprint density at radius 1 is 0.714 bits per heavy atom. The number of esters is 3. The van der Waals surface area contributed by atoms with E-state index in [9.17, 15) is 14.4 Å². The van der Waals surface area contributed by atoms with Crippen molar-refractivity contribution < 1.29 is 33.3 Å². The van der Waals surface area contributed by atoms with E-state index in [4.69, 9.17) is 14.2 Å². The predicted octanol–water partition coefficient (Wildman–Crippen LogP) is 1.23. The van der Waals surface area contributed by atoms with Crippen molar-refractivity contribution in [3.63, 3.8) is 0 Å². The van der Waals surface area contributed by atoms with Gasteiger partial charge in [0.2, 0.25) is 0 Å². The number of hydrogen-bond acceptors (Lipinski definition) is 7. The summed E-state index contributed by atoms with van der Waals surface area (Å²) in [5.41, 5.74) is 0. The number of methoxy groups -OCH3 is 2. The van der Waals surface area contributed by atoms with Gasteiger partial charge in [0.15, 0.2) is 0 Å². The van der Waals surface area contributed by atoms with E-state index < -0.39 is 30.1 Å². The van der Waals surface area contributed by atoms with Crippen LogP contribution in [-0.2, 0) is 33.3 Å². The van der Waals surface area contributed by atoms with Crippen LogP contribution < -0.4 is 0 Å². The van der Waals surface area contributed by atoms with Gasteiger partial charge in [-0.15, -0.1) is 0 Å². The first-order valence-electron chi connectivity index (χ1n) is 6.77. The molecule has 0 spiro atoms. The van der Waals surface area contributed by atoms with Gasteiger partial charge in [0.1, 0.15) is 12.2 Å². The third-order valence-corrected chi connectivity index (χ3v) is 2.66. The molecule has 0 N–H and O–H groups in total. The second kappa shape index (κ2) is 10.1. The van der Waals surface area contributed by atoms with Gasteiger partial charge in [0, 0.05) is 7.11 Å². The molecule has 7 heteroatoms. The molecule has 0 fully saturated rings. The first kappa shape index (κ1) is 19.4. The zero-order valence-corrected chi connectivity index (χ0v) is 13.2. The highest BCUT2D eigenvalue weighted by atomic mass is 16.6. The normalized spacial score (nSPS) is 14.7. The van der Waals surface area contributed by atoms with Gasteiger partial charge >= 0.3 is 17.9 Å². The van der Waals surface area contributed by atoms with Gasteiger partial charge in [-0.2, -0.15) is 0 Å². The van der Waals surface area contributed by atoms with Crippen molar-refractivity contribution in [2.24, 2.45) is 0 Å². The van der Waals surface area contributed by atoms with Crippen molar-refractivity contribution in [1.29, 1.82) is 0 Å². The third kappa shape index (κ3) is 9.84. The summed E-state index contributed by atoms with van der Waals surface area (Å²) in [6.07, 6.45) is -1.38. The molecule has 0 bridgehead atoms. The Morgan fingerprint density at radius 3 is 1.48 bits per heavy atom. The summed E-state index contributed by atoms with van der Waals surface area (Å²) < 4.78 is 19.5. The van der Waals surface area contributed by atoms with Gasteiger partial charge in [-0.25, -0.2) is 0 Å². The summed E-state index contributed by atoms with van der Waals surface area (Å²) in [6, 6.07) is 0. The maximum absolute atomic E-state index is 11.6. The quantitative estimate of drug-likeness (QED) is 0.467. The molecule has 122 valence electrons. The van der Waals surface area contributed by atoms with Crippen molar-refractivity contribution in [3.05, 3.63) is 0 Å². The molecule has 0 aromatic heterocycles. The second-order valence-corrected chi connectivity index (χ2v) is 4.84. The number of ether oxygens (including phenoxy) is 4. The minimum absolute atomic E-state index is 0.0121. The lowest BCUT2D eigenvalue weighted by molar-refractivity contribution is -0.158. The summed E-state index contributed by atoms with van der Waals surface area (Å²) in [6.45, 7) is 4.93. The van der Waals surface area contributed by atoms with Crippen molar-refractivity contribution in [2.75, 3.05) is 14.2 Å². The lowest BCUT2D eigenvalue weighted by Gasteiger charge is -2.16. The largest absolute Gasteiger partial charge is 0.469 e. The van der Waals surface area contributed by atoms with Gasteiger partial charge < -0.3 is 18.9 Å². The smallest absolute Gasteiger partial charge is 0.309 e. The Hall–Kier alpha value is -1.63. The van der Waals surface area contributed by atoms with E-state index in [1.807, 2.05) is 0 Å². The number of carbonyl (C=O) groups is 3. The van der Waals surface area contributed by atoms with Crippen LogP contribution in [0.5, 0.6) is 0 Å². The summed E-state index contributed by atoms with van der Waals surface area (Å²) >= 11 is 0. The first-order valence-corrected chi connectivity index (χ1v) is 6.77. The van der Waals surface area contributed by atoms with E-state index in [-0.39, 0.29) is 25.4 Å². The van der Waals surface area contributed by atoms with E-state index in [2.05, 4.69) is 4.74 Å². The Bertz CT molecular complexity index is 353. The van der Waals surface area contributed by atoms with E-state index >= 15 is 0 Å². The Morgan fingerprint density at radius 2 is 1.10 bits per heavy atom. The van der Waals surface area contributed by atoms with Gasteiger partial charge in [0.05, 0.1) is 32.5 Å². The van der Waals surface area contributed by atoms with E-state index in [1.54, 1.807) is 20.8 Å². The second-order valence-electron chi connectivity index (χ2n) is 4.84. The molecule has 0 radical (unpaired) electrons. The summed E-state index contributed by atoms with van der Waals surface area (Å²) in [4.78, 5) is 34.1. The molecule has 0 heterocycles. The van der Waals surface area contributed by atoms with Crippen molar-refractivity contribution in [3.8, 4) is 0 Å². The molecule has 0 unspecified atom stereocenters. The molecule has 21 heavy (non-hydrogen) atoms.